The Morgan fingerprint density at radius 3 is 3.05 bits per heavy atom. The van der Waals surface area contributed by atoms with Crippen LogP contribution in [0.4, 0.5) is 4.79 Å². The van der Waals surface area contributed by atoms with Crippen molar-refractivity contribution in [3.63, 3.8) is 0 Å². The van der Waals surface area contributed by atoms with Crippen LogP contribution < -0.4 is 5.32 Å². The summed E-state index contributed by atoms with van der Waals surface area (Å²) in [6.07, 6.45) is 0.684. The minimum Gasteiger partial charge on any atom is -0.394 e. The number of hydrogen-bond donors (Lipinski definition) is 3. The van der Waals surface area contributed by atoms with Gasteiger partial charge in [-0.15, -0.1) is 0 Å². The van der Waals surface area contributed by atoms with Crippen LogP contribution in [0.1, 0.15) is 11.3 Å². The Hall–Kier alpha value is -2.01. The molecular formula is C14H17N3O2. The largest absolute Gasteiger partial charge is 0.394 e. The fraction of sp³-hybridized carbons (Fsp3) is 0.357. The van der Waals surface area contributed by atoms with Gasteiger partial charge in [0, 0.05) is 23.6 Å². The lowest BCUT2D eigenvalue weighted by Gasteiger charge is -2.34. The number of aliphatic hydroxyl groups is 1. The van der Waals surface area contributed by atoms with Gasteiger partial charge in [0.15, 0.2) is 0 Å². The Kier molecular flexibility index (Phi) is 2.91. The van der Waals surface area contributed by atoms with Gasteiger partial charge in [0.2, 0.25) is 0 Å². The molecule has 1 aromatic carbocycles. The van der Waals surface area contributed by atoms with E-state index in [9.17, 15) is 9.90 Å². The number of benzene rings is 1. The van der Waals surface area contributed by atoms with Crippen molar-refractivity contribution < 1.29 is 9.90 Å². The highest BCUT2D eigenvalue weighted by molar-refractivity contribution is 5.85. The molecule has 1 aliphatic rings. The Morgan fingerprint density at radius 2 is 2.32 bits per heavy atom. The number of nitrogens with zero attached hydrogens (tertiary/aromatic N) is 1. The van der Waals surface area contributed by atoms with E-state index in [2.05, 4.69) is 16.4 Å². The maximum absolute atomic E-state index is 11.9. The Bertz CT molecular complexity index is 620. The molecule has 1 aromatic heterocycles. The minimum atomic E-state index is -0.161. The summed E-state index contributed by atoms with van der Waals surface area (Å²) in [6.45, 7) is 0.487. The van der Waals surface area contributed by atoms with Crippen LogP contribution >= 0.6 is 0 Å². The zero-order valence-electron chi connectivity index (χ0n) is 10.8. The van der Waals surface area contributed by atoms with E-state index in [-0.39, 0.29) is 18.7 Å². The van der Waals surface area contributed by atoms with E-state index in [1.165, 1.54) is 10.9 Å². The van der Waals surface area contributed by atoms with Crippen LogP contribution in [-0.2, 0) is 13.0 Å². The average Bonchev–Trinajstić information content (AvgIpc) is 2.82. The van der Waals surface area contributed by atoms with Crippen molar-refractivity contribution >= 4 is 16.9 Å². The van der Waals surface area contributed by atoms with E-state index in [1.54, 1.807) is 11.9 Å². The molecule has 1 unspecified atom stereocenters. The van der Waals surface area contributed by atoms with Crippen molar-refractivity contribution in [1.82, 2.24) is 15.2 Å². The van der Waals surface area contributed by atoms with Crippen LogP contribution in [0.15, 0.2) is 24.3 Å². The summed E-state index contributed by atoms with van der Waals surface area (Å²) in [6, 6.07) is 7.80. The molecule has 0 bridgehead atoms. The summed E-state index contributed by atoms with van der Waals surface area (Å²) >= 11 is 0. The molecule has 3 N–H and O–H groups in total. The van der Waals surface area contributed by atoms with Crippen LogP contribution in [-0.4, -0.2) is 40.7 Å². The monoisotopic (exact) mass is 259 g/mol. The third-order valence-electron chi connectivity index (χ3n) is 3.80. The topological polar surface area (TPSA) is 68.4 Å². The average molecular weight is 259 g/mol. The summed E-state index contributed by atoms with van der Waals surface area (Å²) in [5, 5.41) is 13.3. The van der Waals surface area contributed by atoms with Crippen LogP contribution in [0.3, 0.4) is 0 Å². The van der Waals surface area contributed by atoms with E-state index in [1.807, 2.05) is 18.2 Å². The molecule has 0 spiro atoms. The number of aromatic nitrogens is 1. The van der Waals surface area contributed by atoms with Gasteiger partial charge in [-0.2, -0.15) is 0 Å². The van der Waals surface area contributed by atoms with Crippen LogP contribution in [0.2, 0.25) is 0 Å². The quantitative estimate of drug-likeness (QED) is 0.721. The number of rotatable bonds is 1. The second kappa shape index (κ2) is 4.59. The third kappa shape index (κ3) is 1.86. The van der Waals surface area contributed by atoms with E-state index in [4.69, 9.17) is 0 Å². The Morgan fingerprint density at radius 1 is 1.53 bits per heavy atom. The number of fused-ring (bicyclic) bond motifs is 3. The highest BCUT2D eigenvalue weighted by atomic mass is 16.3. The number of carbonyl (C=O) groups excluding carboxylic acids is 1. The first-order valence-corrected chi connectivity index (χ1v) is 6.42. The van der Waals surface area contributed by atoms with Gasteiger partial charge in [-0.3, -0.25) is 0 Å². The zero-order valence-corrected chi connectivity index (χ0v) is 10.8. The summed E-state index contributed by atoms with van der Waals surface area (Å²) < 4.78 is 0. The van der Waals surface area contributed by atoms with Crippen LogP contribution in [0, 0.1) is 0 Å². The number of H-pyrrole nitrogens is 1. The van der Waals surface area contributed by atoms with Crippen molar-refractivity contribution in [2.24, 2.45) is 0 Å². The van der Waals surface area contributed by atoms with Gasteiger partial charge in [-0.25, -0.2) is 4.79 Å². The molecule has 100 valence electrons. The van der Waals surface area contributed by atoms with E-state index < -0.39 is 0 Å². The first-order valence-electron chi connectivity index (χ1n) is 6.42. The molecule has 3 rings (SSSR count). The highest BCUT2D eigenvalue weighted by Crippen LogP contribution is 2.29. The lowest BCUT2D eigenvalue weighted by atomic mass is 9.97. The molecule has 5 heteroatoms. The van der Waals surface area contributed by atoms with Gasteiger partial charge in [0.25, 0.3) is 0 Å². The van der Waals surface area contributed by atoms with Gasteiger partial charge in [0.05, 0.1) is 19.2 Å². The number of urea groups is 1. The molecule has 19 heavy (non-hydrogen) atoms. The summed E-state index contributed by atoms with van der Waals surface area (Å²) in [5.74, 6) is 0. The minimum absolute atomic E-state index is 0.0215. The smallest absolute Gasteiger partial charge is 0.317 e. The molecule has 0 fully saturated rings. The fourth-order valence-corrected chi connectivity index (χ4v) is 2.81. The Balaban J connectivity index is 2.05. The van der Waals surface area contributed by atoms with Gasteiger partial charge in [-0.1, -0.05) is 18.2 Å². The first-order chi connectivity index (χ1) is 9.24. The summed E-state index contributed by atoms with van der Waals surface area (Å²) in [7, 11) is 1.61. The predicted molar refractivity (Wildman–Crippen MR) is 72.9 cm³/mol. The maximum atomic E-state index is 11.9. The molecule has 2 amide bonds. The molecule has 0 aliphatic carbocycles. The number of carbonyl (C=O) groups is 1. The first kappa shape index (κ1) is 12.0. The molecule has 5 nitrogen and oxygen atoms in total. The summed E-state index contributed by atoms with van der Waals surface area (Å²) in [4.78, 5) is 16.9. The van der Waals surface area contributed by atoms with Gasteiger partial charge in [0.1, 0.15) is 0 Å². The molecule has 2 heterocycles. The van der Waals surface area contributed by atoms with Crippen molar-refractivity contribution in [3.05, 3.63) is 35.5 Å². The van der Waals surface area contributed by atoms with Crippen molar-refractivity contribution in [2.75, 3.05) is 13.7 Å². The molecule has 0 saturated heterocycles. The normalized spacial score (nSPS) is 18.4. The number of aliphatic hydroxyl groups excluding tert-OH is 1. The zero-order chi connectivity index (χ0) is 13.4. The van der Waals surface area contributed by atoms with Crippen LogP contribution in [0.5, 0.6) is 0 Å². The number of amides is 2. The number of hydrogen-bond acceptors (Lipinski definition) is 2. The van der Waals surface area contributed by atoms with Gasteiger partial charge >= 0.3 is 6.03 Å². The fourth-order valence-electron chi connectivity index (χ4n) is 2.81. The SMILES string of the molecule is CNC(=O)N1Cc2[nH]c3ccccc3c2CC1CO. The van der Waals surface area contributed by atoms with Gasteiger partial charge in [-0.05, 0) is 18.1 Å². The predicted octanol–water partition coefficient (Wildman–Crippen LogP) is 1.23. The molecule has 2 aromatic rings. The third-order valence-corrected chi connectivity index (χ3v) is 3.80. The Labute approximate surface area is 111 Å². The van der Waals surface area contributed by atoms with Crippen molar-refractivity contribution in [3.8, 4) is 0 Å². The lowest BCUT2D eigenvalue weighted by Crippen LogP contribution is -2.49. The molecular weight excluding hydrogens is 242 g/mol. The van der Waals surface area contributed by atoms with E-state index >= 15 is 0 Å². The summed E-state index contributed by atoms with van der Waals surface area (Å²) in [5.41, 5.74) is 3.37. The van der Waals surface area contributed by atoms with Gasteiger partial charge < -0.3 is 20.3 Å². The molecule has 1 atom stereocenters. The second-order valence-corrected chi connectivity index (χ2v) is 4.85. The van der Waals surface area contributed by atoms with Crippen molar-refractivity contribution in [2.45, 2.75) is 19.0 Å². The van der Waals surface area contributed by atoms with E-state index in [0.29, 0.717) is 13.0 Å². The van der Waals surface area contributed by atoms with Crippen molar-refractivity contribution in [1.29, 1.82) is 0 Å². The highest BCUT2D eigenvalue weighted by Gasteiger charge is 2.30. The molecule has 0 saturated carbocycles. The molecule has 0 radical (unpaired) electrons. The standard InChI is InChI=1S/C14H17N3O2/c1-15-14(19)17-7-13-11(6-9(17)8-18)10-4-2-3-5-12(10)16-13/h2-5,9,16,18H,6-8H2,1H3,(H,15,19). The van der Waals surface area contributed by atoms with E-state index in [0.717, 1.165) is 11.2 Å². The number of nitrogens with one attached hydrogen (secondary N) is 2. The lowest BCUT2D eigenvalue weighted by molar-refractivity contribution is 0.122. The molecule has 1 aliphatic heterocycles. The van der Waals surface area contributed by atoms with Crippen LogP contribution in [0.25, 0.3) is 10.9 Å². The maximum Gasteiger partial charge on any atom is 0.317 e. The number of para-hydroxylation sites is 1. The number of aromatic amines is 1. The second-order valence-electron chi connectivity index (χ2n) is 4.85.